The first kappa shape index (κ1) is 25.2. The molecule has 14 heteroatoms. The molecular formula is C22H20O14. The molecule has 0 aromatic heterocycles. The third kappa shape index (κ3) is 3.42. The Morgan fingerprint density at radius 1 is 0.917 bits per heavy atom. The van der Waals surface area contributed by atoms with Crippen LogP contribution in [0.5, 0.6) is 28.7 Å². The van der Waals surface area contributed by atoms with Crippen molar-refractivity contribution in [1.82, 2.24) is 0 Å². The van der Waals surface area contributed by atoms with E-state index in [-0.39, 0.29) is 5.56 Å². The number of aliphatic hydroxyl groups is 4. The number of carbonyl (C=O) groups excluding carboxylic acids is 2. The van der Waals surface area contributed by atoms with Gasteiger partial charge in [0, 0.05) is 11.1 Å². The second-order valence-electron chi connectivity index (χ2n) is 8.22. The molecule has 2 aliphatic rings. The maximum absolute atomic E-state index is 13.3. The number of aliphatic hydroxyl groups excluding tert-OH is 4. The van der Waals surface area contributed by atoms with E-state index in [9.17, 15) is 60.3 Å². The zero-order valence-electron chi connectivity index (χ0n) is 18.2. The summed E-state index contributed by atoms with van der Waals surface area (Å²) in [7, 11) is 0. The molecule has 1 saturated heterocycles. The number of ether oxygens (including phenoxy) is 2. The fourth-order valence-electron chi connectivity index (χ4n) is 4.32. The van der Waals surface area contributed by atoms with Gasteiger partial charge in [0.15, 0.2) is 23.1 Å². The van der Waals surface area contributed by atoms with Gasteiger partial charge in [-0.25, -0.2) is 4.79 Å². The van der Waals surface area contributed by atoms with Crippen molar-refractivity contribution in [1.29, 1.82) is 0 Å². The Kier molecular flexibility index (Phi) is 6.02. The van der Waals surface area contributed by atoms with Crippen LogP contribution in [-0.2, 0) is 4.74 Å². The highest BCUT2D eigenvalue weighted by molar-refractivity contribution is 6.32. The number of benzene rings is 2. The summed E-state index contributed by atoms with van der Waals surface area (Å²) >= 11 is 0. The number of aromatic carboxylic acids is 1. The number of hydrogen-bond acceptors (Lipinski definition) is 13. The summed E-state index contributed by atoms with van der Waals surface area (Å²) in [6, 6.07) is 0.709. The fourth-order valence-corrected chi connectivity index (χ4v) is 4.32. The Bertz CT molecular complexity index is 1310. The molecule has 1 heterocycles. The molecule has 0 saturated carbocycles. The van der Waals surface area contributed by atoms with Crippen LogP contribution in [0.25, 0.3) is 0 Å². The topological polar surface area (TPSA) is 252 Å². The second kappa shape index (κ2) is 8.61. The van der Waals surface area contributed by atoms with Gasteiger partial charge in [-0.05, 0) is 18.6 Å². The molecule has 36 heavy (non-hydrogen) atoms. The zero-order chi connectivity index (χ0) is 26.8. The average molecular weight is 508 g/mol. The predicted octanol–water partition coefficient (Wildman–Crippen LogP) is -1.53. The molecule has 4 rings (SSSR count). The molecule has 5 atom stereocenters. The third-order valence-corrected chi connectivity index (χ3v) is 6.16. The van der Waals surface area contributed by atoms with Gasteiger partial charge in [-0.1, -0.05) is 0 Å². The summed E-state index contributed by atoms with van der Waals surface area (Å²) in [5, 5.41) is 90.5. The van der Waals surface area contributed by atoms with E-state index in [1.807, 2.05) is 0 Å². The quantitative estimate of drug-likeness (QED) is 0.143. The van der Waals surface area contributed by atoms with E-state index in [2.05, 4.69) is 0 Å². The molecule has 14 nitrogen and oxygen atoms in total. The number of hydrogen-bond donors (Lipinski definition) is 9. The Balaban J connectivity index is 1.88. The second-order valence-corrected chi connectivity index (χ2v) is 8.22. The van der Waals surface area contributed by atoms with Crippen LogP contribution in [0, 0.1) is 6.92 Å². The van der Waals surface area contributed by atoms with Gasteiger partial charge in [-0.2, -0.15) is 0 Å². The molecule has 0 bridgehead atoms. The van der Waals surface area contributed by atoms with Crippen LogP contribution in [0.4, 0.5) is 0 Å². The zero-order valence-corrected chi connectivity index (χ0v) is 18.2. The number of aromatic hydroxyl groups is 4. The highest BCUT2D eigenvalue weighted by Gasteiger charge is 2.47. The van der Waals surface area contributed by atoms with Crippen LogP contribution in [0.2, 0.25) is 0 Å². The van der Waals surface area contributed by atoms with E-state index in [1.54, 1.807) is 0 Å². The van der Waals surface area contributed by atoms with Gasteiger partial charge in [0.25, 0.3) is 0 Å². The normalized spacial score (nSPS) is 25.3. The Labute approximate surface area is 200 Å². The van der Waals surface area contributed by atoms with Crippen molar-refractivity contribution in [2.75, 3.05) is 6.61 Å². The van der Waals surface area contributed by atoms with Crippen molar-refractivity contribution < 1.29 is 69.8 Å². The van der Waals surface area contributed by atoms with Gasteiger partial charge in [-0.15, -0.1) is 0 Å². The fraction of sp³-hybridized carbons (Fsp3) is 0.318. The van der Waals surface area contributed by atoms with Crippen molar-refractivity contribution in [3.8, 4) is 28.7 Å². The Morgan fingerprint density at radius 2 is 1.53 bits per heavy atom. The maximum Gasteiger partial charge on any atom is 0.339 e. The van der Waals surface area contributed by atoms with Crippen LogP contribution in [-0.4, -0.2) is 101 Å². The number of rotatable bonds is 4. The van der Waals surface area contributed by atoms with Crippen LogP contribution >= 0.6 is 0 Å². The summed E-state index contributed by atoms with van der Waals surface area (Å²) < 4.78 is 10.3. The molecule has 1 aliphatic carbocycles. The largest absolute Gasteiger partial charge is 0.507 e. The molecule has 2 aromatic carbocycles. The van der Waals surface area contributed by atoms with Gasteiger partial charge in [0.2, 0.25) is 17.8 Å². The van der Waals surface area contributed by atoms with Gasteiger partial charge in [0.05, 0.1) is 17.7 Å². The lowest BCUT2D eigenvalue weighted by atomic mass is 9.79. The van der Waals surface area contributed by atoms with Crippen LogP contribution in [0.1, 0.15) is 47.8 Å². The highest BCUT2D eigenvalue weighted by atomic mass is 16.7. The smallest absolute Gasteiger partial charge is 0.339 e. The van der Waals surface area contributed by atoms with Gasteiger partial charge in [-0.3, -0.25) is 9.59 Å². The van der Waals surface area contributed by atoms with Crippen LogP contribution < -0.4 is 4.74 Å². The lowest BCUT2D eigenvalue weighted by Crippen LogP contribution is -2.60. The molecule has 9 N–H and O–H groups in total. The van der Waals surface area contributed by atoms with Gasteiger partial charge >= 0.3 is 5.97 Å². The molecule has 0 spiro atoms. The monoisotopic (exact) mass is 508 g/mol. The van der Waals surface area contributed by atoms with E-state index in [0.717, 1.165) is 6.92 Å². The van der Waals surface area contributed by atoms with Gasteiger partial charge in [0.1, 0.15) is 35.7 Å². The van der Waals surface area contributed by atoms with Crippen LogP contribution in [0.3, 0.4) is 0 Å². The highest BCUT2D eigenvalue weighted by Crippen LogP contribution is 2.52. The van der Waals surface area contributed by atoms with Crippen molar-refractivity contribution in [3.63, 3.8) is 0 Å². The lowest BCUT2D eigenvalue weighted by Gasteiger charge is -2.39. The number of carboxylic acids is 1. The van der Waals surface area contributed by atoms with E-state index in [0.29, 0.717) is 6.07 Å². The number of phenols is 4. The summed E-state index contributed by atoms with van der Waals surface area (Å²) in [6.07, 6.45) is -9.06. The maximum atomic E-state index is 13.3. The molecule has 1 fully saturated rings. The van der Waals surface area contributed by atoms with E-state index in [1.165, 1.54) is 0 Å². The molecule has 192 valence electrons. The minimum absolute atomic E-state index is 0.315. The first-order valence-electron chi connectivity index (χ1n) is 10.3. The number of ketones is 2. The van der Waals surface area contributed by atoms with Gasteiger partial charge < -0.3 is 55.4 Å². The molecule has 0 amide bonds. The van der Waals surface area contributed by atoms with Crippen molar-refractivity contribution in [2.45, 2.75) is 37.6 Å². The van der Waals surface area contributed by atoms with Crippen molar-refractivity contribution in [3.05, 3.63) is 39.4 Å². The van der Waals surface area contributed by atoms with Crippen LogP contribution in [0.15, 0.2) is 6.07 Å². The molecular weight excluding hydrogens is 488 g/mol. The molecule has 0 radical (unpaired) electrons. The molecule has 0 unspecified atom stereocenters. The summed E-state index contributed by atoms with van der Waals surface area (Å²) in [6.45, 7) is 0.306. The standard InChI is InChI=1S/C22H20O14/c1-4-8-5(2-6(24)9(4)21(33)34)12(25)10-11(14(8)27)16(29)20(18(31)15(10)28)36-22-19(32)17(30)13(26)7(3-23)35-22/h2,7,13,17,19,22-24,26,28-32H,3H2,1H3,(H,33,34)/t7-,13+,17-,19+,22+/m0/s1. The SMILES string of the molecule is Cc1c(C(=O)O)c(O)cc2c1C(=O)c1c(O)c(O[C@H]3O[C@@H](CO)[C@@H](O)[C@H](O)[C@H]3O)c(O)c(O)c1C2=O. The van der Waals surface area contributed by atoms with E-state index >= 15 is 0 Å². The Morgan fingerprint density at radius 3 is 2.11 bits per heavy atom. The van der Waals surface area contributed by atoms with Crippen molar-refractivity contribution >= 4 is 17.5 Å². The first-order chi connectivity index (χ1) is 16.8. The third-order valence-electron chi connectivity index (χ3n) is 6.16. The first-order valence-corrected chi connectivity index (χ1v) is 10.3. The summed E-state index contributed by atoms with van der Waals surface area (Å²) in [5.41, 5.74) is -3.74. The summed E-state index contributed by atoms with van der Waals surface area (Å²) in [5.74, 6) is -9.51. The Hall–Kier alpha value is -3.95. The van der Waals surface area contributed by atoms with E-state index in [4.69, 9.17) is 9.47 Å². The number of carbonyl (C=O) groups is 3. The molecule has 2 aromatic rings. The average Bonchev–Trinajstić information content (AvgIpc) is 2.81. The molecule has 1 aliphatic heterocycles. The van der Waals surface area contributed by atoms with E-state index < -0.39 is 111 Å². The summed E-state index contributed by atoms with van der Waals surface area (Å²) in [4.78, 5) is 38.0. The lowest BCUT2D eigenvalue weighted by molar-refractivity contribution is -0.277. The number of phenolic OH excluding ortho intramolecular Hbond substituents is 3. The van der Waals surface area contributed by atoms with Crippen molar-refractivity contribution in [2.24, 2.45) is 0 Å². The number of carboxylic acid groups (broad SMARTS) is 1. The minimum Gasteiger partial charge on any atom is -0.507 e. The minimum atomic E-state index is -2.00. The number of fused-ring (bicyclic) bond motifs is 2. The predicted molar refractivity (Wildman–Crippen MR) is 112 cm³/mol.